The van der Waals surface area contributed by atoms with Crippen molar-refractivity contribution < 1.29 is 24.2 Å². The Labute approximate surface area is 135 Å². The van der Waals surface area contributed by atoms with Crippen LogP contribution < -0.4 is 4.74 Å². The SMILES string of the molecule is COc1cccc([C@H]2[C@H](C(C)=O)C(=O)C[C@](C)(O)[C@@H]2C(C)=O)c1. The van der Waals surface area contributed by atoms with E-state index in [-0.39, 0.29) is 23.8 Å². The highest BCUT2D eigenvalue weighted by Crippen LogP contribution is 2.46. The van der Waals surface area contributed by atoms with Gasteiger partial charge in [0.25, 0.3) is 0 Å². The Bertz CT molecular complexity index is 647. The van der Waals surface area contributed by atoms with Gasteiger partial charge in [0.05, 0.1) is 24.5 Å². The maximum absolute atomic E-state index is 12.4. The van der Waals surface area contributed by atoms with Crippen LogP contribution in [0.4, 0.5) is 0 Å². The summed E-state index contributed by atoms with van der Waals surface area (Å²) in [4.78, 5) is 36.7. The van der Waals surface area contributed by atoms with Gasteiger partial charge in [-0.1, -0.05) is 12.1 Å². The highest BCUT2D eigenvalue weighted by Gasteiger charge is 2.53. The Morgan fingerprint density at radius 2 is 1.91 bits per heavy atom. The number of Topliss-reactive ketones (excluding diaryl/α,β-unsaturated/α-hetero) is 3. The van der Waals surface area contributed by atoms with Crippen LogP contribution in [0.25, 0.3) is 0 Å². The Balaban J connectivity index is 2.64. The van der Waals surface area contributed by atoms with Crippen molar-refractivity contribution in [2.45, 2.75) is 38.7 Å². The summed E-state index contributed by atoms with van der Waals surface area (Å²) in [5, 5.41) is 10.6. The Morgan fingerprint density at radius 3 is 2.43 bits per heavy atom. The molecular weight excluding hydrogens is 296 g/mol. The van der Waals surface area contributed by atoms with Gasteiger partial charge < -0.3 is 9.84 Å². The Kier molecular flexibility index (Phi) is 4.71. The van der Waals surface area contributed by atoms with E-state index < -0.39 is 23.4 Å². The van der Waals surface area contributed by atoms with E-state index in [1.54, 1.807) is 24.3 Å². The molecule has 1 aromatic carbocycles. The standard InChI is InChI=1S/C18H22O5/c1-10(19)15-14(21)9-18(3,22)17(11(2)20)16(15)12-6-5-7-13(8-12)23-4/h5-8,15-17,22H,9H2,1-4H3/t15-,16+,17-,18+/m1/s1. The molecular formula is C18H22O5. The normalized spacial score (nSPS) is 30.8. The maximum atomic E-state index is 12.4. The highest BCUT2D eigenvalue weighted by molar-refractivity contribution is 6.05. The fourth-order valence-electron chi connectivity index (χ4n) is 3.76. The first-order valence-corrected chi connectivity index (χ1v) is 7.59. The van der Waals surface area contributed by atoms with Crippen molar-refractivity contribution in [3.8, 4) is 5.75 Å². The van der Waals surface area contributed by atoms with E-state index in [4.69, 9.17) is 4.74 Å². The fraction of sp³-hybridized carbons (Fsp3) is 0.500. The minimum atomic E-state index is -1.47. The molecule has 0 aliphatic heterocycles. The van der Waals surface area contributed by atoms with E-state index in [2.05, 4.69) is 0 Å². The first-order chi connectivity index (χ1) is 10.7. The van der Waals surface area contributed by atoms with Gasteiger partial charge >= 0.3 is 0 Å². The molecule has 23 heavy (non-hydrogen) atoms. The molecule has 1 fully saturated rings. The summed E-state index contributed by atoms with van der Waals surface area (Å²) in [5.41, 5.74) is -0.819. The van der Waals surface area contributed by atoms with Crippen LogP contribution in [0.15, 0.2) is 24.3 Å². The zero-order chi connectivity index (χ0) is 17.4. The lowest BCUT2D eigenvalue weighted by molar-refractivity contribution is -0.151. The van der Waals surface area contributed by atoms with Crippen LogP contribution >= 0.6 is 0 Å². The zero-order valence-electron chi connectivity index (χ0n) is 13.8. The van der Waals surface area contributed by atoms with Crippen LogP contribution in [0.1, 0.15) is 38.7 Å². The zero-order valence-corrected chi connectivity index (χ0v) is 13.8. The number of hydrogen-bond donors (Lipinski definition) is 1. The van der Waals surface area contributed by atoms with Crippen molar-refractivity contribution in [2.75, 3.05) is 7.11 Å². The van der Waals surface area contributed by atoms with E-state index in [1.807, 2.05) is 0 Å². The van der Waals surface area contributed by atoms with Crippen LogP contribution in [0.5, 0.6) is 5.75 Å². The molecule has 4 atom stereocenters. The third-order valence-corrected chi connectivity index (χ3v) is 4.62. The first kappa shape index (κ1) is 17.3. The van der Waals surface area contributed by atoms with Crippen LogP contribution in [-0.4, -0.2) is 35.2 Å². The molecule has 124 valence electrons. The number of methoxy groups -OCH3 is 1. The molecule has 1 aromatic rings. The molecule has 5 nitrogen and oxygen atoms in total. The number of ether oxygens (including phenoxy) is 1. The molecule has 0 aromatic heterocycles. The summed E-state index contributed by atoms with van der Waals surface area (Å²) in [5.74, 6) is -2.70. The summed E-state index contributed by atoms with van der Waals surface area (Å²) in [6.07, 6.45) is -0.192. The molecule has 1 saturated carbocycles. The molecule has 0 spiro atoms. The van der Waals surface area contributed by atoms with E-state index in [0.29, 0.717) is 11.3 Å². The number of aliphatic hydroxyl groups is 1. The topological polar surface area (TPSA) is 80.7 Å². The molecule has 5 heteroatoms. The summed E-state index contributed by atoms with van der Waals surface area (Å²) >= 11 is 0. The van der Waals surface area contributed by atoms with Crippen molar-refractivity contribution in [1.82, 2.24) is 0 Å². The Morgan fingerprint density at radius 1 is 1.26 bits per heavy atom. The molecule has 1 aliphatic carbocycles. The number of hydrogen-bond acceptors (Lipinski definition) is 5. The summed E-state index contributed by atoms with van der Waals surface area (Å²) < 4.78 is 5.20. The average Bonchev–Trinajstić information content (AvgIpc) is 2.44. The average molecular weight is 318 g/mol. The second-order valence-electron chi connectivity index (χ2n) is 6.48. The molecule has 2 rings (SSSR count). The van der Waals surface area contributed by atoms with Gasteiger partial charge in [0, 0.05) is 12.3 Å². The molecule has 0 saturated heterocycles. The minimum Gasteiger partial charge on any atom is -0.497 e. The van der Waals surface area contributed by atoms with Crippen molar-refractivity contribution >= 4 is 17.3 Å². The van der Waals surface area contributed by atoms with Crippen molar-refractivity contribution in [3.63, 3.8) is 0 Å². The smallest absolute Gasteiger partial charge is 0.146 e. The summed E-state index contributed by atoms with van der Waals surface area (Å²) in [6.45, 7) is 4.23. The van der Waals surface area contributed by atoms with E-state index in [1.165, 1.54) is 27.9 Å². The lowest BCUT2D eigenvalue weighted by Crippen LogP contribution is -2.53. The summed E-state index contributed by atoms with van der Waals surface area (Å²) in [7, 11) is 1.52. The third-order valence-electron chi connectivity index (χ3n) is 4.62. The van der Waals surface area contributed by atoms with Crippen LogP contribution in [0, 0.1) is 11.8 Å². The van der Waals surface area contributed by atoms with Gasteiger partial charge in [0.15, 0.2) is 0 Å². The predicted molar refractivity (Wildman–Crippen MR) is 84.3 cm³/mol. The van der Waals surface area contributed by atoms with E-state index in [9.17, 15) is 19.5 Å². The van der Waals surface area contributed by atoms with E-state index >= 15 is 0 Å². The molecule has 0 radical (unpaired) electrons. The lowest BCUT2D eigenvalue weighted by Gasteiger charge is -2.44. The van der Waals surface area contributed by atoms with Crippen LogP contribution in [-0.2, 0) is 14.4 Å². The lowest BCUT2D eigenvalue weighted by atomic mass is 9.60. The van der Waals surface area contributed by atoms with Gasteiger partial charge in [-0.15, -0.1) is 0 Å². The Hall–Kier alpha value is -2.01. The maximum Gasteiger partial charge on any atom is 0.146 e. The second kappa shape index (κ2) is 6.24. The highest BCUT2D eigenvalue weighted by atomic mass is 16.5. The van der Waals surface area contributed by atoms with Crippen LogP contribution in [0.3, 0.4) is 0 Å². The quantitative estimate of drug-likeness (QED) is 0.858. The molecule has 0 unspecified atom stereocenters. The second-order valence-corrected chi connectivity index (χ2v) is 6.48. The minimum absolute atomic E-state index is 0.192. The first-order valence-electron chi connectivity index (χ1n) is 7.59. The van der Waals surface area contributed by atoms with Gasteiger partial charge in [-0.25, -0.2) is 0 Å². The number of benzene rings is 1. The van der Waals surface area contributed by atoms with Gasteiger partial charge in [-0.05, 0) is 38.5 Å². The van der Waals surface area contributed by atoms with Gasteiger partial charge in [0.2, 0.25) is 0 Å². The summed E-state index contributed by atoms with van der Waals surface area (Å²) in [6, 6.07) is 6.97. The molecule has 1 aliphatic rings. The number of carbonyl (C=O) groups excluding carboxylic acids is 3. The van der Waals surface area contributed by atoms with Crippen molar-refractivity contribution in [1.29, 1.82) is 0 Å². The molecule has 1 N–H and O–H groups in total. The number of ketones is 3. The van der Waals surface area contributed by atoms with Gasteiger partial charge in [0.1, 0.15) is 23.1 Å². The molecule has 0 bridgehead atoms. The van der Waals surface area contributed by atoms with E-state index in [0.717, 1.165) is 0 Å². The van der Waals surface area contributed by atoms with Gasteiger partial charge in [-0.3, -0.25) is 14.4 Å². The predicted octanol–water partition coefficient (Wildman–Crippen LogP) is 1.91. The number of rotatable bonds is 4. The van der Waals surface area contributed by atoms with Gasteiger partial charge in [-0.2, -0.15) is 0 Å². The molecule has 0 amide bonds. The van der Waals surface area contributed by atoms with Crippen molar-refractivity contribution in [2.24, 2.45) is 11.8 Å². The molecule has 0 heterocycles. The monoisotopic (exact) mass is 318 g/mol. The third kappa shape index (κ3) is 3.20. The fourth-order valence-corrected chi connectivity index (χ4v) is 3.76. The number of carbonyl (C=O) groups is 3. The van der Waals surface area contributed by atoms with Crippen LogP contribution in [0.2, 0.25) is 0 Å². The van der Waals surface area contributed by atoms with Crippen molar-refractivity contribution in [3.05, 3.63) is 29.8 Å². The largest absolute Gasteiger partial charge is 0.497 e.